The summed E-state index contributed by atoms with van der Waals surface area (Å²) < 4.78 is 3.09. The van der Waals surface area contributed by atoms with Gasteiger partial charge in [0.05, 0.1) is 16.5 Å². The summed E-state index contributed by atoms with van der Waals surface area (Å²) in [4.78, 5) is 23.8. The van der Waals surface area contributed by atoms with Crippen molar-refractivity contribution in [1.29, 1.82) is 0 Å². The first-order chi connectivity index (χ1) is 13.6. The number of amides is 1. The largest absolute Gasteiger partial charge is 0.337 e. The van der Waals surface area contributed by atoms with E-state index in [-0.39, 0.29) is 18.3 Å². The number of aromatic nitrogens is 3. The van der Waals surface area contributed by atoms with Crippen molar-refractivity contribution >= 4 is 56.6 Å². The normalized spacial score (nSPS) is 10.7. The lowest BCUT2D eigenvalue weighted by atomic mass is 10.2. The molecule has 0 aliphatic carbocycles. The Bertz CT molecular complexity index is 1090. The van der Waals surface area contributed by atoms with Crippen LogP contribution in [-0.4, -0.2) is 27.0 Å². The van der Waals surface area contributed by atoms with Gasteiger partial charge in [0, 0.05) is 36.1 Å². The molecule has 0 N–H and O–H groups in total. The van der Waals surface area contributed by atoms with Gasteiger partial charge >= 0.3 is 0 Å². The molecule has 8 heteroatoms. The van der Waals surface area contributed by atoms with Crippen molar-refractivity contribution in [2.75, 3.05) is 11.4 Å². The number of benzene rings is 2. The topological polar surface area (TPSA) is 51.0 Å². The molecule has 2 aromatic heterocycles. The van der Waals surface area contributed by atoms with Crippen LogP contribution in [-0.2, 0) is 6.54 Å². The number of carbonyl (C=O) groups excluding carboxylic acids is 1. The highest BCUT2D eigenvalue weighted by molar-refractivity contribution is 7.22. The molecule has 0 unspecified atom stereocenters. The average Bonchev–Trinajstić information content (AvgIpc) is 3.34. The highest BCUT2D eigenvalue weighted by atomic mass is 35.5. The number of halogens is 2. The SMILES string of the molecule is Cc1ccc2nc(N(CCCn3ccnc3)C(=O)c3ccc(Cl)cc3)sc2c1.Cl. The van der Waals surface area contributed by atoms with Crippen molar-refractivity contribution in [1.82, 2.24) is 14.5 Å². The molecule has 0 spiro atoms. The minimum Gasteiger partial charge on any atom is -0.337 e. The van der Waals surface area contributed by atoms with E-state index in [0.717, 1.165) is 23.2 Å². The van der Waals surface area contributed by atoms with Crippen LogP contribution >= 0.6 is 35.3 Å². The molecule has 0 fully saturated rings. The van der Waals surface area contributed by atoms with Crippen LogP contribution in [0.5, 0.6) is 0 Å². The van der Waals surface area contributed by atoms with Crippen molar-refractivity contribution in [2.24, 2.45) is 0 Å². The maximum Gasteiger partial charge on any atom is 0.260 e. The lowest BCUT2D eigenvalue weighted by Crippen LogP contribution is -2.32. The molecule has 5 nitrogen and oxygen atoms in total. The van der Waals surface area contributed by atoms with E-state index in [2.05, 4.69) is 18.0 Å². The molecule has 2 heterocycles. The van der Waals surface area contributed by atoms with Gasteiger partial charge in [-0.2, -0.15) is 0 Å². The zero-order chi connectivity index (χ0) is 19.5. The van der Waals surface area contributed by atoms with Crippen LogP contribution in [0.25, 0.3) is 10.2 Å². The summed E-state index contributed by atoms with van der Waals surface area (Å²) >= 11 is 7.52. The number of hydrogen-bond donors (Lipinski definition) is 0. The molecule has 1 amide bonds. The van der Waals surface area contributed by atoms with Gasteiger partial charge in [0.2, 0.25) is 0 Å². The monoisotopic (exact) mass is 446 g/mol. The Hall–Kier alpha value is -2.41. The molecule has 0 aliphatic heterocycles. The van der Waals surface area contributed by atoms with Gasteiger partial charge < -0.3 is 4.57 Å². The predicted molar refractivity (Wildman–Crippen MR) is 122 cm³/mol. The fourth-order valence-corrected chi connectivity index (χ4v) is 4.21. The van der Waals surface area contributed by atoms with Gasteiger partial charge in [-0.05, 0) is 55.3 Å². The van der Waals surface area contributed by atoms with Gasteiger partial charge in [-0.15, -0.1) is 12.4 Å². The Morgan fingerprint density at radius 2 is 2.00 bits per heavy atom. The number of imidazole rings is 1. The minimum absolute atomic E-state index is 0. The number of thiazole rings is 1. The fraction of sp³-hybridized carbons (Fsp3) is 0.190. The molecule has 2 aromatic carbocycles. The lowest BCUT2D eigenvalue weighted by molar-refractivity contribution is 0.0986. The molecular weight excluding hydrogens is 427 g/mol. The summed E-state index contributed by atoms with van der Waals surface area (Å²) in [6.45, 7) is 3.41. The second-order valence-electron chi connectivity index (χ2n) is 6.59. The second-order valence-corrected chi connectivity index (χ2v) is 8.03. The number of nitrogens with zero attached hydrogens (tertiary/aromatic N) is 4. The number of hydrogen-bond acceptors (Lipinski definition) is 4. The van der Waals surface area contributed by atoms with Crippen molar-refractivity contribution in [3.8, 4) is 0 Å². The molecule has 0 aliphatic rings. The Morgan fingerprint density at radius 1 is 1.21 bits per heavy atom. The predicted octanol–water partition coefficient (Wildman–Crippen LogP) is 5.61. The third-order valence-corrected chi connectivity index (χ3v) is 5.75. The quantitative estimate of drug-likeness (QED) is 0.386. The van der Waals surface area contributed by atoms with Crippen LogP contribution < -0.4 is 4.90 Å². The smallest absolute Gasteiger partial charge is 0.260 e. The standard InChI is InChI=1S/C21H19ClN4OS.ClH/c1-15-3-8-18-19(13-15)28-21(24-18)26(11-2-10-25-12-9-23-14-25)20(27)16-4-6-17(22)7-5-16;/h3-9,12-14H,2,10-11H2,1H3;1H. The van der Waals surface area contributed by atoms with Crippen LogP contribution in [0.3, 0.4) is 0 Å². The maximum absolute atomic E-state index is 13.2. The van der Waals surface area contributed by atoms with Gasteiger partial charge in [-0.3, -0.25) is 9.69 Å². The first-order valence-corrected chi connectivity index (χ1v) is 10.2. The lowest BCUT2D eigenvalue weighted by Gasteiger charge is -2.20. The summed E-state index contributed by atoms with van der Waals surface area (Å²) in [6.07, 6.45) is 6.26. The minimum atomic E-state index is -0.0712. The highest BCUT2D eigenvalue weighted by Gasteiger charge is 2.21. The molecule has 4 rings (SSSR count). The Morgan fingerprint density at radius 3 is 2.72 bits per heavy atom. The van der Waals surface area contributed by atoms with Crippen molar-refractivity contribution < 1.29 is 4.79 Å². The molecule has 150 valence electrons. The van der Waals surface area contributed by atoms with E-state index in [0.29, 0.717) is 22.3 Å². The van der Waals surface area contributed by atoms with E-state index >= 15 is 0 Å². The second kappa shape index (κ2) is 9.39. The van der Waals surface area contributed by atoms with E-state index in [1.165, 1.54) is 5.56 Å². The number of carbonyl (C=O) groups is 1. The molecule has 0 saturated carbocycles. The summed E-state index contributed by atoms with van der Waals surface area (Å²) in [7, 11) is 0. The number of aryl methyl sites for hydroxylation is 2. The van der Waals surface area contributed by atoms with E-state index in [1.54, 1.807) is 53.0 Å². The van der Waals surface area contributed by atoms with E-state index in [4.69, 9.17) is 16.6 Å². The van der Waals surface area contributed by atoms with E-state index < -0.39 is 0 Å². The zero-order valence-corrected chi connectivity index (χ0v) is 18.2. The van der Waals surface area contributed by atoms with E-state index in [1.807, 2.05) is 22.9 Å². The first kappa shape index (κ1) is 21.3. The molecule has 4 aromatic rings. The average molecular weight is 447 g/mol. The third-order valence-electron chi connectivity index (χ3n) is 4.46. The van der Waals surface area contributed by atoms with Crippen LogP contribution in [0.15, 0.2) is 61.2 Å². The zero-order valence-electron chi connectivity index (χ0n) is 15.8. The molecule has 0 radical (unpaired) electrons. The Kier molecular flexibility index (Phi) is 6.90. The van der Waals surface area contributed by atoms with Gasteiger partial charge in [-0.1, -0.05) is 29.0 Å². The van der Waals surface area contributed by atoms with Crippen LogP contribution in [0, 0.1) is 6.92 Å². The summed E-state index contributed by atoms with van der Waals surface area (Å²) in [5.74, 6) is -0.0712. The first-order valence-electron chi connectivity index (χ1n) is 9.00. The molecule has 0 saturated heterocycles. The highest BCUT2D eigenvalue weighted by Crippen LogP contribution is 2.30. The fourth-order valence-electron chi connectivity index (χ4n) is 3.00. The van der Waals surface area contributed by atoms with Crippen molar-refractivity contribution in [3.63, 3.8) is 0 Å². The summed E-state index contributed by atoms with van der Waals surface area (Å²) in [5.41, 5.74) is 2.69. The number of rotatable bonds is 6. The molecule has 29 heavy (non-hydrogen) atoms. The van der Waals surface area contributed by atoms with Gasteiger partial charge in [0.1, 0.15) is 0 Å². The van der Waals surface area contributed by atoms with Gasteiger partial charge in [0.25, 0.3) is 5.91 Å². The Labute approximate surface area is 184 Å². The maximum atomic E-state index is 13.2. The Balaban J connectivity index is 0.00000240. The summed E-state index contributed by atoms with van der Waals surface area (Å²) in [5, 5.41) is 1.32. The van der Waals surface area contributed by atoms with Crippen LogP contribution in [0.4, 0.5) is 5.13 Å². The van der Waals surface area contributed by atoms with Crippen molar-refractivity contribution in [3.05, 3.63) is 77.3 Å². The van der Waals surface area contributed by atoms with E-state index in [9.17, 15) is 4.79 Å². The van der Waals surface area contributed by atoms with Gasteiger partial charge in [0.15, 0.2) is 5.13 Å². The third kappa shape index (κ3) is 4.96. The number of anilines is 1. The van der Waals surface area contributed by atoms with Crippen LogP contribution in [0.1, 0.15) is 22.3 Å². The molecule has 0 bridgehead atoms. The van der Waals surface area contributed by atoms with Gasteiger partial charge in [-0.25, -0.2) is 9.97 Å². The van der Waals surface area contributed by atoms with Crippen molar-refractivity contribution in [2.45, 2.75) is 19.9 Å². The molecule has 0 atom stereocenters. The number of fused-ring (bicyclic) bond motifs is 1. The summed E-state index contributed by atoms with van der Waals surface area (Å²) in [6, 6.07) is 13.1. The molecular formula is C21H20Cl2N4OS. The van der Waals surface area contributed by atoms with Crippen LogP contribution in [0.2, 0.25) is 5.02 Å².